The topological polar surface area (TPSA) is 147 Å². The molecule has 43 heavy (non-hydrogen) atoms. The summed E-state index contributed by atoms with van der Waals surface area (Å²) < 4.78 is 23.4. The van der Waals surface area contributed by atoms with Gasteiger partial charge in [-0.15, -0.1) is 0 Å². The Morgan fingerprint density at radius 2 is 1.91 bits per heavy atom. The highest BCUT2D eigenvalue weighted by atomic mass is 16.7. The molecule has 4 aliphatic rings. The highest BCUT2D eigenvalue weighted by molar-refractivity contribution is 6.07. The number of aromatic hydroxyl groups is 1. The van der Waals surface area contributed by atoms with Crippen molar-refractivity contribution in [3.8, 4) is 17.2 Å². The largest absolute Gasteiger partial charge is 0.506 e. The predicted molar refractivity (Wildman–Crippen MR) is 159 cm³/mol. The van der Waals surface area contributed by atoms with Gasteiger partial charge in [0.25, 0.3) is 0 Å². The van der Waals surface area contributed by atoms with Gasteiger partial charge >= 0.3 is 0 Å². The lowest BCUT2D eigenvalue weighted by Crippen LogP contribution is -2.60. The van der Waals surface area contributed by atoms with Crippen LogP contribution in [-0.2, 0) is 9.47 Å². The Hall–Kier alpha value is -3.67. The zero-order valence-electron chi connectivity index (χ0n) is 24.1. The molecular weight excluding hydrogens is 554 g/mol. The van der Waals surface area contributed by atoms with Crippen LogP contribution < -0.4 is 9.47 Å². The average Bonchev–Trinajstić information content (AvgIpc) is 3.68. The maximum absolute atomic E-state index is 12.8. The van der Waals surface area contributed by atoms with Crippen molar-refractivity contribution in [1.29, 1.82) is 0 Å². The van der Waals surface area contributed by atoms with Crippen LogP contribution in [0, 0.1) is 6.42 Å². The van der Waals surface area contributed by atoms with E-state index in [0.29, 0.717) is 11.1 Å². The molecule has 0 spiro atoms. The average molecular weight is 591 g/mol. The summed E-state index contributed by atoms with van der Waals surface area (Å²) in [5.74, 6) is 0.198. The van der Waals surface area contributed by atoms with Gasteiger partial charge in [-0.2, -0.15) is 4.99 Å². The summed E-state index contributed by atoms with van der Waals surface area (Å²) in [7, 11) is 1.50. The molecule has 1 saturated carbocycles. The first-order valence-electron chi connectivity index (χ1n) is 14.6. The summed E-state index contributed by atoms with van der Waals surface area (Å²) in [5, 5.41) is 44.5. The maximum atomic E-state index is 12.8. The molecule has 1 saturated heterocycles. The van der Waals surface area contributed by atoms with Gasteiger partial charge in [0, 0.05) is 30.7 Å². The highest BCUT2D eigenvalue weighted by Gasteiger charge is 2.45. The number of phenolic OH excluding ortho intramolecular Hbond substituents is 1. The van der Waals surface area contributed by atoms with Gasteiger partial charge in [0.2, 0.25) is 6.29 Å². The van der Waals surface area contributed by atoms with Crippen LogP contribution in [0.1, 0.15) is 54.4 Å². The molecule has 2 heterocycles. The number of fused-ring (bicyclic) bond motifs is 2. The maximum Gasteiger partial charge on any atom is 0.229 e. The van der Waals surface area contributed by atoms with Gasteiger partial charge < -0.3 is 39.4 Å². The molecule has 0 bridgehead atoms. The molecule has 4 N–H and O–H groups in total. The van der Waals surface area contributed by atoms with E-state index in [0.717, 1.165) is 48.1 Å². The van der Waals surface area contributed by atoms with E-state index < -0.39 is 30.7 Å². The van der Waals surface area contributed by atoms with Crippen LogP contribution in [0.5, 0.6) is 17.2 Å². The van der Waals surface area contributed by atoms with Crippen LogP contribution in [0.25, 0.3) is 10.8 Å². The zero-order valence-corrected chi connectivity index (χ0v) is 24.1. The van der Waals surface area contributed by atoms with E-state index in [1.165, 1.54) is 20.1 Å². The predicted octanol–water partition coefficient (Wildman–Crippen LogP) is 3.66. The number of phenols is 1. The minimum atomic E-state index is -1.62. The third-order valence-corrected chi connectivity index (χ3v) is 8.62. The number of methoxy groups -OCH3 is 1. The summed E-state index contributed by atoms with van der Waals surface area (Å²) in [6.45, 7) is 1.52. The molecule has 2 aromatic carbocycles. The Bertz CT molecular complexity index is 1530. The smallest absolute Gasteiger partial charge is 0.229 e. The van der Waals surface area contributed by atoms with Gasteiger partial charge in [-0.1, -0.05) is 12.8 Å². The van der Waals surface area contributed by atoms with Gasteiger partial charge in [-0.25, -0.2) is 0 Å². The summed E-state index contributed by atoms with van der Waals surface area (Å²) in [6.07, 6.45) is 6.24. The lowest BCUT2D eigenvalue weighted by atomic mass is 9.87. The fourth-order valence-electron chi connectivity index (χ4n) is 6.37. The van der Waals surface area contributed by atoms with E-state index in [1.54, 1.807) is 12.3 Å². The number of benzene rings is 2. The summed E-state index contributed by atoms with van der Waals surface area (Å²) in [5.41, 5.74) is 3.71. The van der Waals surface area contributed by atoms with Crippen LogP contribution in [0.15, 0.2) is 58.3 Å². The summed E-state index contributed by atoms with van der Waals surface area (Å²) >= 11 is 0. The summed E-state index contributed by atoms with van der Waals surface area (Å²) in [4.78, 5) is 17.1. The number of ether oxygens (including phenoxy) is 4. The van der Waals surface area contributed by atoms with Crippen molar-refractivity contribution in [3.63, 3.8) is 0 Å². The number of carbonyl (C=O) groups excluding carboxylic acids is 1. The van der Waals surface area contributed by atoms with Crippen molar-refractivity contribution in [3.05, 3.63) is 70.8 Å². The van der Waals surface area contributed by atoms with Crippen LogP contribution >= 0.6 is 0 Å². The van der Waals surface area contributed by atoms with Crippen molar-refractivity contribution in [1.82, 2.24) is 0 Å². The third kappa shape index (κ3) is 5.57. The second-order valence-corrected chi connectivity index (χ2v) is 11.4. The Kier molecular flexibility index (Phi) is 8.30. The van der Waals surface area contributed by atoms with E-state index in [1.807, 2.05) is 30.7 Å². The molecule has 2 aromatic rings. The van der Waals surface area contributed by atoms with Crippen molar-refractivity contribution >= 4 is 22.8 Å². The van der Waals surface area contributed by atoms with Crippen molar-refractivity contribution in [2.24, 2.45) is 4.99 Å². The zero-order chi connectivity index (χ0) is 30.2. The normalized spacial score (nSPS) is 26.9. The standard InChI is InChI=1S/C33H35NO9/c1-17(35)27-23(18-7-3-4-8-18)12-19-11-21(40-2)13-25(28(19)30(27)37)42-33-32(39)31(38)29(36)26(43-33)16-41-15-20-14-34-24-10-6-5-9-22(20)24/h5-6,9-14,18,26,29,31-33,36,38-39H,3-4,7-8,15-16H2,1-2H3/p+1/t26-,29-,31+,32-,33-/m1/s1. The van der Waals surface area contributed by atoms with Crippen LogP contribution in [0.2, 0.25) is 0 Å². The molecule has 10 heteroatoms. The van der Waals surface area contributed by atoms with E-state index in [9.17, 15) is 25.2 Å². The first-order valence-corrected chi connectivity index (χ1v) is 14.6. The second kappa shape index (κ2) is 12.1. The number of allylic oxidation sites excluding steroid dienone is 4. The number of Topliss-reactive ketones (excluding diaryl/α,β-unsaturated/α-hetero) is 1. The van der Waals surface area contributed by atoms with E-state index in [4.69, 9.17) is 18.9 Å². The number of ketones is 1. The fourth-order valence-corrected chi connectivity index (χ4v) is 6.37. The molecule has 6 rings (SSSR count). The SMILES string of the molecule is COc1cc(O[C@@H]2O[C@H](COCC3=C4[CH+]C=CC=C4N=C3)[C@@H](O)[C@H](O)[C@H]2O)c2c(O)c(C(C)=O)c(C3CCCC3)cc2c1. The molecule has 0 amide bonds. The van der Waals surface area contributed by atoms with Gasteiger partial charge in [-0.3, -0.25) is 4.79 Å². The minimum absolute atomic E-state index is 0.0916. The molecule has 2 fully saturated rings. The molecular formula is C33H36NO9+. The molecule has 0 aromatic heterocycles. The van der Waals surface area contributed by atoms with Crippen molar-refractivity contribution in [2.45, 2.75) is 69.2 Å². The van der Waals surface area contributed by atoms with Crippen molar-refractivity contribution in [2.75, 3.05) is 20.3 Å². The van der Waals surface area contributed by atoms with E-state index in [2.05, 4.69) is 4.99 Å². The molecule has 2 aliphatic carbocycles. The first kappa shape index (κ1) is 29.4. The molecule has 0 unspecified atom stereocenters. The number of aliphatic hydroxyl groups is 3. The number of carbonyl (C=O) groups is 1. The van der Waals surface area contributed by atoms with Crippen LogP contribution in [0.4, 0.5) is 0 Å². The van der Waals surface area contributed by atoms with Gasteiger partial charge in [0.1, 0.15) is 53.8 Å². The lowest BCUT2D eigenvalue weighted by Gasteiger charge is -2.40. The van der Waals surface area contributed by atoms with Crippen LogP contribution in [0.3, 0.4) is 0 Å². The third-order valence-electron chi connectivity index (χ3n) is 8.62. The number of aliphatic imine (C=N–C) groups is 1. The molecule has 10 nitrogen and oxygen atoms in total. The number of hydrogen-bond acceptors (Lipinski definition) is 10. The minimum Gasteiger partial charge on any atom is -0.506 e. The van der Waals surface area contributed by atoms with Gasteiger partial charge in [0.05, 0.1) is 36.5 Å². The summed E-state index contributed by atoms with van der Waals surface area (Å²) in [6, 6.07) is 5.17. The molecule has 2 aliphatic heterocycles. The Labute approximate surface area is 249 Å². The molecule has 226 valence electrons. The number of aliphatic hydroxyl groups excluding tert-OH is 3. The van der Waals surface area contributed by atoms with Gasteiger partial charge in [0.15, 0.2) is 11.5 Å². The van der Waals surface area contributed by atoms with E-state index >= 15 is 0 Å². The van der Waals surface area contributed by atoms with Crippen molar-refractivity contribution < 1.29 is 44.2 Å². The highest BCUT2D eigenvalue weighted by Crippen LogP contribution is 2.46. The number of hydrogen-bond donors (Lipinski definition) is 4. The molecule has 0 radical (unpaired) electrons. The Morgan fingerprint density at radius 1 is 1.12 bits per heavy atom. The number of rotatable bonds is 9. The lowest BCUT2D eigenvalue weighted by molar-refractivity contribution is -0.279. The number of nitrogens with zero attached hydrogens (tertiary/aromatic N) is 1. The first-order chi connectivity index (χ1) is 20.8. The Morgan fingerprint density at radius 3 is 2.65 bits per heavy atom. The quantitative estimate of drug-likeness (QED) is 0.254. The van der Waals surface area contributed by atoms with E-state index in [-0.39, 0.29) is 47.4 Å². The fraction of sp³-hybridized carbons (Fsp3) is 0.424. The Balaban J connectivity index is 1.27. The van der Waals surface area contributed by atoms with Crippen LogP contribution in [-0.4, -0.2) is 83.5 Å². The monoisotopic (exact) mass is 590 g/mol. The molecule has 5 atom stereocenters. The second-order valence-electron chi connectivity index (χ2n) is 11.4. The van der Waals surface area contributed by atoms with Gasteiger partial charge in [-0.05, 0) is 48.8 Å².